The minimum Gasteiger partial charge on any atom is -0.486 e. The molecule has 0 saturated heterocycles. The van der Waals surface area contributed by atoms with Gasteiger partial charge in [-0.2, -0.15) is 0 Å². The summed E-state index contributed by atoms with van der Waals surface area (Å²) < 4.78 is 16.3. The molecule has 1 aliphatic heterocycles. The smallest absolute Gasteiger partial charge is 0.332 e. The van der Waals surface area contributed by atoms with Crippen LogP contribution in [0, 0.1) is 0 Å². The SMILES string of the molecule is CC1(C)OC=C(COc2ccc([C@H](NN=C=O)C(=O)O)cc2)O1. The number of nitrogens with zero attached hydrogens (tertiary/aromatic N) is 1. The summed E-state index contributed by atoms with van der Waals surface area (Å²) in [5.41, 5.74) is 2.63. The molecule has 0 radical (unpaired) electrons. The van der Waals surface area contributed by atoms with Crippen molar-refractivity contribution in [1.82, 2.24) is 5.43 Å². The molecule has 1 aliphatic rings. The molecule has 0 aliphatic carbocycles. The zero-order valence-corrected chi connectivity index (χ0v) is 12.6. The fourth-order valence-electron chi connectivity index (χ4n) is 1.91. The predicted molar refractivity (Wildman–Crippen MR) is 77.9 cm³/mol. The third kappa shape index (κ3) is 4.49. The normalized spacial score (nSPS) is 16.2. The Kier molecular flexibility index (Phi) is 4.88. The summed E-state index contributed by atoms with van der Waals surface area (Å²) in [6.45, 7) is 3.76. The van der Waals surface area contributed by atoms with Gasteiger partial charge < -0.3 is 19.3 Å². The van der Waals surface area contributed by atoms with Crippen molar-refractivity contribution in [2.45, 2.75) is 25.7 Å². The van der Waals surface area contributed by atoms with Crippen LogP contribution in [0.2, 0.25) is 0 Å². The molecule has 0 bridgehead atoms. The van der Waals surface area contributed by atoms with Crippen LogP contribution >= 0.6 is 0 Å². The Balaban J connectivity index is 1.96. The summed E-state index contributed by atoms with van der Waals surface area (Å²) in [7, 11) is 0. The van der Waals surface area contributed by atoms with E-state index in [4.69, 9.17) is 19.3 Å². The lowest BCUT2D eigenvalue weighted by atomic mass is 10.1. The van der Waals surface area contributed by atoms with Gasteiger partial charge in [0.25, 0.3) is 6.08 Å². The zero-order valence-electron chi connectivity index (χ0n) is 12.6. The summed E-state index contributed by atoms with van der Waals surface area (Å²) in [4.78, 5) is 21.2. The van der Waals surface area contributed by atoms with Gasteiger partial charge in [-0.25, -0.2) is 9.59 Å². The molecule has 122 valence electrons. The van der Waals surface area contributed by atoms with Crippen LogP contribution in [0.3, 0.4) is 0 Å². The van der Waals surface area contributed by atoms with E-state index in [2.05, 4.69) is 10.5 Å². The van der Waals surface area contributed by atoms with Gasteiger partial charge in [-0.1, -0.05) is 17.2 Å². The Morgan fingerprint density at radius 1 is 1.43 bits per heavy atom. The number of hydrogen-bond acceptors (Lipinski definition) is 7. The number of nitrogens with one attached hydrogen (secondary N) is 1. The fraction of sp³-hybridized carbons (Fsp3) is 0.333. The molecule has 23 heavy (non-hydrogen) atoms. The first-order chi connectivity index (χ1) is 10.9. The van der Waals surface area contributed by atoms with Crippen molar-refractivity contribution in [3.05, 3.63) is 41.9 Å². The second-order valence-corrected chi connectivity index (χ2v) is 5.17. The highest BCUT2D eigenvalue weighted by atomic mass is 16.7. The molecule has 1 atom stereocenters. The first-order valence-electron chi connectivity index (χ1n) is 6.75. The van der Waals surface area contributed by atoms with Crippen LogP contribution < -0.4 is 10.2 Å². The molecule has 8 heteroatoms. The minimum absolute atomic E-state index is 0.193. The third-order valence-corrected chi connectivity index (χ3v) is 2.93. The quantitative estimate of drug-likeness (QED) is 0.447. The summed E-state index contributed by atoms with van der Waals surface area (Å²) in [5.74, 6) is -0.765. The number of aliphatic carboxylic acids is 1. The second kappa shape index (κ2) is 6.85. The molecule has 2 rings (SSSR count). The van der Waals surface area contributed by atoms with E-state index in [9.17, 15) is 9.59 Å². The van der Waals surface area contributed by atoms with Crippen molar-refractivity contribution < 1.29 is 28.9 Å². The molecule has 0 saturated carbocycles. The van der Waals surface area contributed by atoms with Crippen molar-refractivity contribution in [2.75, 3.05) is 6.61 Å². The summed E-state index contributed by atoms with van der Waals surface area (Å²) in [6, 6.07) is 5.20. The Labute approximate surface area is 132 Å². The largest absolute Gasteiger partial charge is 0.486 e. The first-order valence-corrected chi connectivity index (χ1v) is 6.75. The van der Waals surface area contributed by atoms with Gasteiger partial charge in [0.05, 0.1) is 0 Å². The molecule has 8 nitrogen and oxygen atoms in total. The number of hydrogen-bond donors (Lipinski definition) is 2. The third-order valence-electron chi connectivity index (χ3n) is 2.93. The van der Waals surface area contributed by atoms with Gasteiger partial charge in [0, 0.05) is 13.8 Å². The predicted octanol–water partition coefficient (Wildman–Crippen LogP) is 1.66. The molecule has 0 fully saturated rings. The van der Waals surface area contributed by atoms with Gasteiger partial charge >= 0.3 is 5.97 Å². The average Bonchev–Trinajstić information content (AvgIpc) is 2.86. The van der Waals surface area contributed by atoms with Crippen molar-refractivity contribution in [3.63, 3.8) is 0 Å². The fourth-order valence-corrected chi connectivity index (χ4v) is 1.91. The van der Waals surface area contributed by atoms with Gasteiger partial charge in [0.1, 0.15) is 18.6 Å². The number of isocyanates is 1. The van der Waals surface area contributed by atoms with E-state index in [0.717, 1.165) is 0 Å². The lowest BCUT2D eigenvalue weighted by Gasteiger charge is -2.18. The van der Waals surface area contributed by atoms with E-state index in [-0.39, 0.29) is 6.61 Å². The first kappa shape index (κ1) is 16.4. The highest BCUT2D eigenvalue weighted by Gasteiger charge is 2.27. The van der Waals surface area contributed by atoms with Crippen molar-refractivity contribution in [2.24, 2.45) is 5.10 Å². The Morgan fingerprint density at radius 3 is 2.65 bits per heavy atom. The number of carbonyl (C=O) groups is 1. The van der Waals surface area contributed by atoms with Crippen LogP contribution in [0.25, 0.3) is 0 Å². The van der Waals surface area contributed by atoms with E-state index in [1.807, 2.05) is 0 Å². The number of rotatable bonds is 7. The molecule has 2 N–H and O–H groups in total. The van der Waals surface area contributed by atoms with Crippen molar-refractivity contribution in [3.8, 4) is 5.75 Å². The topological polar surface area (TPSA) is 106 Å². The van der Waals surface area contributed by atoms with Gasteiger partial charge in [-0.05, 0) is 17.7 Å². The molecule has 1 heterocycles. The standard InChI is InChI=1S/C15H16N2O6/c1-15(2)22-8-12(23-15)7-21-11-5-3-10(4-6-11)13(14(19)20)17-16-9-18/h3-6,8,13,17H,7H2,1-2H3,(H,19,20)/t13-/m0/s1. The van der Waals surface area contributed by atoms with Gasteiger partial charge in [-0.15, -0.1) is 0 Å². The Bertz CT molecular complexity index is 646. The summed E-state index contributed by atoms with van der Waals surface area (Å²) >= 11 is 0. The van der Waals surface area contributed by atoms with Crippen molar-refractivity contribution in [1.29, 1.82) is 0 Å². The number of carboxylic acid groups (broad SMARTS) is 1. The number of carboxylic acids is 1. The molecular formula is C15H16N2O6. The van der Waals surface area contributed by atoms with E-state index >= 15 is 0 Å². The maximum atomic E-state index is 11.1. The van der Waals surface area contributed by atoms with E-state index in [0.29, 0.717) is 17.1 Å². The van der Waals surface area contributed by atoms with Crippen LogP contribution in [0.15, 0.2) is 41.4 Å². The number of hydrazone groups is 1. The van der Waals surface area contributed by atoms with Crippen LogP contribution in [0.4, 0.5) is 0 Å². The highest BCUT2D eigenvalue weighted by Crippen LogP contribution is 2.25. The highest BCUT2D eigenvalue weighted by molar-refractivity contribution is 5.75. The Hall–Kier alpha value is -2.99. The maximum Gasteiger partial charge on any atom is 0.332 e. The Morgan fingerprint density at radius 2 is 2.13 bits per heavy atom. The lowest BCUT2D eigenvalue weighted by Crippen LogP contribution is -2.24. The van der Waals surface area contributed by atoms with Crippen LogP contribution in [-0.2, 0) is 19.1 Å². The van der Waals surface area contributed by atoms with Crippen LogP contribution in [0.5, 0.6) is 5.75 Å². The van der Waals surface area contributed by atoms with Gasteiger partial charge in [0.15, 0.2) is 11.8 Å². The molecular weight excluding hydrogens is 304 g/mol. The maximum absolute atomic E-state index is 11.1. The average molecular weight is 320 g/mol. The van der Waals surface area contributed by atoms with E-state index in [1.54, 1.807) is 38.1 Å². The molecule has 1 aromatic carbocycles. The summed E-state index contributed by atoms with van der Waals surface area (Å²) in [6.07, 6.45) is 2.73. The number of carbonyl (C=O) groups excluding carboxylic acids is 1. The molecule has 1 aromatic rings. The second-order valence-electron chi connectivity index (χ2n) is 5.17. The molecule has 0 spiro atoms. The van der Waals surface area contributed by atoms with Crippen molar-refractivity contribution >= 4 is 12.0 Å². The zero-order chi connectivity index (χ0) is 16.9. The molecule has 0 amide bonds. The lowest BCUT2D eigenvalue weighted by molar-refractivity contribution is -0.139. The summed E-state index contributed by atoms with van der Waals surface area (Å²) in [5, 5.41) is 12.2. The van der Waals surface area contributed by atoms with Gasteiger partial charge in [-0.3, -0.25) is 5.43 Å². The van der Waals surface area contributed by atoms with E-state index < -0.39 is 17.8 Å². The minimum atomic E-state index is -1.17. The van der Waals surface area contributed by atoms with Crippen LogP contribution in [-0.4, -0.2) is 29.5 Å². The molecule has 0 aromatic heterocycles. The number of benzene rings is 1. The van der Waals surface area contributed by atoms with E-state index in [1.165, 1.54) is 12.3 Å². The van der Waals surface area contributed by atoms with Gasteiger partial charge in [0.2, 0.25) is 5.79 Å². The monoisotopic (exact) mass is 320 g/mol. The molecule has 0 unspecified atom stereocenters. The number of ether oxygens (including phenoxy) is 3. The van der Waals surface area contributed by atoms with Crippen LogP contribution in [0.1, 0.15) is 25.5 Å².